The first-order valence-electron chi connectivity index (χ1n) is 6.33. The van der Waals surface area contributed by atoms with Gasteiger partial charge in [0.2, 0.25) is 0 Å². The lowest BCUT2D eigenvalue weighted by Crippen LogP contribution is -2.40. The lowest BCUT2D eigenvalue weighted by atomic mass is 9.77. The molecule has 2 rings (SSSR count). The van der Waals surface area contributed by atoms with Crippen LogP contribution in [0.4, 0.5) is 0 Å². The van der Waals surface area contributed by atoms with Gasteiger partial charge in [0.05, 0.1) is 0 Å². The lowest BCUT2D eigenvalue weighted by Gasteiger charge is -2.31. The van der Waals surface area contributed by atoms with E-state index in [1.165, 1.54) is 12.0 Å². The average molecular weight is 218 g/mol. The van der Waals surface area contributed by atoms with Crippen LogP contribution in [0, 0.1) is 0 Å². The zero-order valence-electron chi connectivity index (χ0n) is 10.3. The van der Waals surface area contributed by atoms with Crippen LogP contribution in [0.2, 0.25) is 0 Å². The van der Waals surface area contributed by atoms with Crippen LogP contribution in [0.5, 0.6) is 0 Å². The molecule has 1 aromatic rings. The summed E-state index contributed by atoms with van der Waals surface area (Å²) < 4.78 is 0. The summed E-state index contributed by atoms with van der Waals surface area (Å²) in [7, 11) is 0. The van der Waals surface area contributed by atoms with Gasteiger partial charge in [-0.3, -0.25) is 0 Å². The van der Waals surface area contributed by atoms with Crippen LogP contribution < -0.4 is 10.6 Å². The van der Waals surface area contributed by atoms with Gasteiger partial charge in [0, 0.05) is 25.0 Å². The standard InChI is InChI=1S/C14H22N2/c1-3-15-9-11(2)16-10-13-8-12-6-4-5-7-14(12)13/h4-7,11,13,15-16H,3,8-10H2,1-2H3. The van der Waals surface area contributed by atoms with Gasteiger partial charge in [-0.25, -0.2) is 0 Å². The molecule has 0 radical (unpaired) electrons. The molecule has 0 saturated heterocycles. The van der Waals surface area contributed by atoms with Gasteiger partial charge in [0.15, 0.2) is 0 Å². The highest BCUT2D eigenvalue weighted by molar-refractivity contribution is 5.40. The Kier molecular flexibility index (Phi) is 3.97. The summed E-state index contributed by atoms with van der Waals surface area (Å²) in [4.78, 5) is 0. The van der Waals surface area contributed by atoms with Gasteiger partial charge < -0.3 is 10.6 Å². The van der Waals surface area contributed by atoms with Gasteiger partial charge >= 0.3 is 0 Å². The molecule has 2 N–H and O–H groups in total. The first kappa shape index (κ1) is 11.6. The fourth-order valence-electron chi connectivity index (χ4n) is 2.32. The van der Waals surface area contributed by atoms with Crippen molar-refractivity contribution in [3.05, 3.63) is 35.4 Å². The zero-order valence-corrected chi connectivity index (χ0v) is 10.3. The first-order valence-corrected chi connectivity index (χ1v) is 6.33. The summed E-state index contributed by atoms with van der Waals surface area (Å²) in [5.74, 6) is 0.736. The van der Waals surface area contributed by atoms with Crippen molar-refractivity contribution >= 4 is 0 Å². The number of nitrogens with one attached hydrogen (secondary N) is 2. The van der Waals surface area contributed by atoms with Crippen molar-refractivity contribution in [1.82, 2.24) is 10.6 Å². The molecule has 2 atom stereocenters. The molecule has 0 bridgehead atoms. The molecule has 0 aliphatic heterocycles. The largest absolute Gasteiger partial charge is 0.315 e. The quantitative estimate of drug-likeness (QED) is 0.762. The maximum absolute atomic E-state index is 3.60. The molecule has 0 fully saturated rings. The van der Waals surface area contributed by atoms with Crippen molar-refractivity contribution in [3.63, 3.8) is 0 Å². The minimum atomic E-state index is 0.563. The highest BCUT2D eigenvalue weighted by Gasteiger charge is 2.24. The summed E-state index contributed by atoms with van der Waals surface area (Å²) in [6, 6.07) is 9.35. The van der Waals surface area contributed by atoms with Crippen LogP contribution in [0.3, 0.4) is 0 Å². The Balaban J connectivity index is 1.73. The molecule has 2 unspecified atom stereocenters. The van der Waals surface area contributed by atoms with Crippen LogP contribution in [0.15, 0.2) is 24.3 Å². The number of benzene rings is 1. The molecular formula is C14H22N2. The van der Waals surface area contributed by atoms with Crippen LogP contribution in [0.25, 0.3) is 0 Å². The van der Waals surface area contributed by atoms with Gasteiger partial charge in [-0.15, -0.1) is 0 Å². The Morgan fingerprint density at radius 2 is 2.19 bits per heavy atom. The third-order valence-corrected chi connectivity index (χ3v) is 3.37. The highest BCUT2D eigenvalue weighted by Crippen LogP contribution is 2.33. The van der Waals surface area contributed by atoms with E-state index in [0.29, 0.717) is 6.04 Å². The Bertz CT molecular complexity index is 335. The highest BCUT2D eigenvalue weighted by atomic mass is 15.0. The molecule has 0 amide bonds. The number of hydrogen-bond donors (Lipinski definition) is 2. The summed E-state index contributed by atoms with van der Waals surface area (Å²) in [5.41, 5.74) is 3.08. The topological polar surface area (TPSA) is 24.1 Å². The molecule has 0 aromatic heterocycles. The smallest absolute Gasteiger partial charge is 0.0164 e. The molecule has 0 saturated carbocycles. The van der Waals surface area contributed by atoms with Crippen LogP contribution >= 0.6 is 0 Å². The van der Waals surface area contributed by atoms with Gasteiger partial charge in [0.1, 0.15) is 0 Å². The molecule has 0 heterocycles. The van der Waals surface area contributed by atoms with E-state index in [9.17, 15) is 0 Å². The van der Waals surface area contributed by atoms with Crippen LogP contribution in [-0.4, -0.2) is 25.7 Å². The van der Waals surface area contributed by atoms with E-state index in [1.54, 1.807) is 5.56 Å². The first-order chi connectivity index (χ1) is 7.81. The minimum Gasteiger partial charge on any atom is -0.315 e. The molecule has 16 heavy (non-hydrogen) atoms. The maximum atomic E-state index is 3.60. The number of rotatable bonds is 6. The Labute approximate surface area is 98.4 Å². The van der Waals surface area contributed by atoms with E-state index in [1.807, 2.05) is 0 Å². The number of fused-ring (bicyclic) bond motifs is 1. The van der Waals surface area contributed by atoms with Crippen LogP contribution in [-0.2, 0) is 6.42 Å². The van der Waals surface area contributed by atoms with Gasteiger partial charge in [0.25, 0.3) is 0 Å². The van der Waals surface area contributed by atoms with E-state index in [4.69, 9.17) is 0 Å². The van der Waals surface area contributed by atoms with Gasteiger partial charge in [-0.2, -0.15) is 0 Å². The van der Waals surface area contributed by atoms with Crippen molar-refractivity contribution < 1.29 is 0 Å². The predicted octanol–water partition coefficient (Wildman–Crippen LogP) is 1.91. The monoisotopic (exact) mass is 218 g/mol. The van der Waals surface area contributed by atoms with Crippen molar-refractivity contribution in [2.24, 2.45) is 0 Å². The predicted molar refractivity (Wildman–Crippen MR) is 68.9 cm³/mol. The van der Waals surface area contributed by atoms with Gasteiger partial charge in [-0.1, -0.05) is 31.2 Å². The van der Waals surface area contributed by atoms with Crippen molar-refractivity contribution in [2.45, 2.75) is 32.2 Å². The number of likely N-dealkylation sites (N-methyl/N-ethyl adjacent to an activating group) is 1. The average Bonchev–Trinajstić information content (AvgIpc) is 2.27. The van der Waals surface area contributed by atoms with Crippen molar-refractivity contribution in [1.29, 1.82) is 0 Å². The van der Waals surface area contributed by atoms with Crippen molar-refractivity contribution in [2.75, 3.05) is 19.6 Å². The number of hydrogen-bond acceptors (Lipinski definition) is 2. The molecule has 2 nitrogen and oxygen atoms in total. The Hall–Kier alpha value is -0.860. The third-order valence-electron chi connectivity index (χ3n) is 3.37. The summed E-state index contributed by atoms with van der Waals surface area (Å²) >= 11 is 0. The maximum Gasteiger partial charge on any atom is 0.0164 e. The fourth-order valence-corrected chi connectivity index (χ4v) is 2.32. The molecule has 1 aliphatic carbocycles. The second-order valence-electron chi connectivity index (χ2n) is 4.72. The second-order valence-corrected chi connectivity index (χ2v) is 4.72. The Morgan fingerprint density at radius 3 is 2.94 bits per heavy atom. The van der Waals surface area contributed by atoms with E-state index < -0.39 is 0 Å². The summed E-state index contributed by atoms with van der Waals surface area (Å²) in [5, 5.41) is 6.96. The molecular weight excluding hydrogens is 196 g/mol. The van der Waals surface area contributed by atoms with E-state index in [-0.39, 0.29) is 0 Å². The SMILES string of the molecule is CCNCC(C)NCC1Cc2ccccc21. The summed E-state index contributed by atoms with van der Waals surface area (Å²) in [6.45, 7) is 7.62. The molecule has 1 aromatic carbocycles. The van der Waals surface area contributed by atoms with Gasteiger partial charge in [-0.05, 0) is 31.0 Å². The van der Waals surface area contributed by atoms with E-state index in [0.717, 1.165) is 25.6 Å². The second kappa shape index (κ2) is 5.46. The molecule has 2 heteroatoms. The molecule has 1 aliphatic rings. The van der Waals surface area contributed by atoms with Crippen molar-refractivity contribution in [3.8, 4) is 0 Å². The minimum absolute atomic E-state index is 0.563. The Morgan fingerprint density at radius 1 is 1.38 bits per heavy atom. The fraction of sp³-hybridized carbons (Fsp3) is 0.571. The molecule has 0 spiro atoms. The lowest BCUT2D eigenvalue weighted by molar-refractivity contribution is 0.460. The third kappa shape index (κ3) is 2.63. The van der Waals surface area contributed by atoms with E-state index in [2.05, 4.69) is 48.7 Å². The summed E-state index contributed by atoms with van der Waals surface area (Å²) in [6.07, 6.45) is 1.25. The zero-order chi connectivity index (χ0) is 11.4. The molecule has 88 valence electrons. The van der Waals surface area contributed by atoms with Crippen LogP contribution in [0.1, 0.15) is 30.9 Å². The normalized spacial score (nSPS) is 20.0. The van der Waals surface area contributed by atoms with E-state index >= 15 is 0 Å².